The number of fused-ring (bicyclic) bond motifs is 2. The number of carbonyl (C=O) groups is 2. The van der Waals surface area contributed by atoms with E-state index in [2.05, 4.69) is 15.9 Å². The molecule has 94 valence electrons. The van der Waals surface area contributed by atoms with E-state index in [1.807, 2.05) is 26.8 Å². The monoisotopic (exact) mass is 300 g/mol. The van der Waals surface area contributed by atoms with Gasteiger partial charge in [-0.1, -0.05) is 41.4 Å². The largest absolute Gasteiger partial charge is 0.460 e. The average molecular weight is 301 g/mol. The van der Waals surface area contributed by atoms with Crippen molar-refractivity contribution in [2.24, 2.45) is 16.7 Å². The maximum absolute atomic E-state index is 12.2. The summed E-state index contributed by atoms with van der Waals surface area (Å²) < 4.78 is 5.39. The molecule has 0 aromatic rings. The molecule has 17 heavy (non-hydrogen) atoms. The number of halogens is 1. The second kappa shape index (κ2) is 3.67. The van der Waals surface area contributed by atoms with Gasteiger partial charge in [-0.05, 0) is 13.8 Å². The molecule has 3 nitrogen and oxygen atoms in total. The molecule has 1 saturated heterocycles. The molecule has 3 unspecified atom stereocenters. The summed E-state index contributed by atoms with van der Waals surface area (Å²) in [6.07, 6.45) is 1.71. The first-order valence-electron chi connectivity index (χ1n) is 5.78. The van der Waals surface area contributed by atoms with E-state index in [1.54, 1.807) is 6.92 Å². The fourth-order valence-corrected chi connectivity index (χ4v) is 3.38. The smallest absolute Gasteiger partial charge is 0.320 e. The molecule has 2 aliphatic rings. The van der Waals surface area contributed by atoms with Crippen LogP contribution in [-0.2, 0) is 14.3 Å². The van der Waals surface area contributed by atoms with Crippen LogP contribution in [0, 0.1) is 16.7 Å². The fourth-order valence-electron chi connectivity index (χ4n) is 3.22. The number of rotatable bonds is 2. The SMILES string of the molecule is C/C(=C\C1(C)C2OC(=O)[C@@]1(C)C(=O)C2C)CBr. The summed E-state index contributed by atoms with van der Waals surface area (Å²) in [5, 5.41) is 0.738. The Hall–Kier alpha value is -0.640. The van der Waals surface area contributed by atoms with Gasteiger partial charge in [0.1, 0.15) is 11.5 Å². The van der Waals surface area contributed by atoms with E-state index in [-0.39, 0.29) is 23.8 Å². The first kappa shape index (κ1) is 12.8. The Balaban J connectivity index is 2.56. The van der Waals surface area contributed by atoms with E-state index in [9.17, 15) is 9.59 Å². The molecule has 0 N–H and O–H groups in total. The molecule has 0 aromatic heterocycles. The van der Waals surface area contributed by atoms with E-state index in [0.29, 0.717) is 0 Å². The van der Waals surface area contributed by atoms with Crippen LogP contribution in [0.15, 0.2) is 11.6 Å². The molecule has 0 spiro atoms. The highest BCUT2D eigenvalue weighted by Gasteiger charge is 2.73. The van der Waals surface area contributed by atoms with Crippen LogP contribution in [0.1, 0.15) is 27.7 Å². The van der Waals surface area contributed by atoms with E-state index < -0.39 is 10.8 Å². The second-order valence-electron chi connectivity index (χ2n) is 5.51. The number of esters is 1. The number of alkyl halides is 1. The summed E-state index contributed by atoms with van der Waals surface area (Å²) in [4.78, 5) is 24.2. The zero-order valence-corrected chi connectivity index (χ0v) is 12.1. The van der Waals surface area contributed by atoms with Gasteiger partial charge in [0.15, 0.2) is 5.78 Å². The van der Waals surface area contributed by atoms with Gasteiger partial charge in [0.05, 0.1) is 5.92 Å². The third-order valence-electron chi connectivity index (χ3n) is 4.43. The van der Waals surface area contributed by atoms with Crippen molar-refractivity contribution in [3.05, 3.63) is 11.6 Å². The van der Waals surface area contributed by atoms with Gasteiger partial charge in [-0.3, -0.25) is 9.59 Å². The molecule has 0 aromatic carbocycles. The number of carbonyl (C=O) groups excluding carboxylic acids is 2. The number of ether oxygens (including phenoxy) is 1. The van der Waals surface area contributed by atoms with Gasteiger partial charge in [-0.25, -0.2) is 0 Å². The second-order valence-corrected chi connectivity index (χ2v) is 6.07. The van der Waals surface area contributed by atoms with E-state index in [0.717, 1.165) is 10.9 Å². The Morgan fingerprint density at radius 2 is 2.06 bits per heavy atom. The molecule has 4 atom stereocenters. The van der Waals surface area contributed by atoms with Gasteiger partial charge in [-0.2, -0.15) is 0 Å². The molecule has 0 amide bonds. The lowest BCUT2D eigenvalue weighted by Gasteiger charge is -2.28. The van der Waals surface area contributed by atoms with Crippen molar-refractivity contribution >= 4 is 27.7 Å². The van der Waals surface area contributed by atoms with Crippen molar-refractivity contribution in [1.29, 1.82) is 0 Å². The van der Waals surface area contributed by atoms with Crippen LogP contribution in [0.2, 0.25) is 0 Å². The lowest BCUT2D eigenvalue weighted by atomic mass is 9.68. The first-order valence-corrected chi connectivity index (χ1v) is 6.91. The summed E-state index contributed by atoms with van der Waals surface area (Å²) in [6.45, 7) is 7.51. The third kappa shape index (κ3) is 1.33. The Morgan fingerprint density at radius 1 is 1.47 bits per heavy atom. The summed E-state index contributed by atoms with van der Waals surface area (Å²) >= 11 is 3.39. The maximum atomic E-state index is 12.2. The normalized spacial score (nSPS) is 45.4. The van der Waals surface area contributed by atoms with Crippen LogP contribution in [0.5, 0.6) is 0 Å². The van der Waals surface area contributed by atoms with Crippen molar-refractivity contribution in [2.45, 2.75) is 33.8 Å². The summed E-state index contributed by atoms with van der Waals surface area (Å²) in [5.74, 6) is -0.561. The van der Waals surface area contributed by atoms with Crippen molar-refractivity contribution in [3.63, 3.8) is 0 Å². The molecule has 1 heterocycles. The predicted molar refractivity (Wildman–Crippen MR) is 67.8 cm³/mol. The number of Topliss-reactive ketones (excluding diaryl/α,β-unsaturated/α-hetero) is 1. The molecule has 2 bridgehead atoms. The van der Waals surface area contributed by atoms with Gasteiger partial charge in [-0.15, -0.1) is 0 Å². The van der Waals surface area contributed by atoms with Crippen LogP contribution in [0.4, 0.5) is 0 Å². The van der Waals surface area contributed by atoms with Crippen LogP contribution < -0.4 is 0 Å². The zero-order chi connectivity index (χ0) is 13.0. The van der Waals surface area contributed by atoms with Gasteiger partial charge in [0, 0.05) is 10.7 Å². The van der Waals surface area contributed by atoms with E-state index in [4.69, 9.17) is 4.74 Å². The van der Waals surface area contributed by atoms with Crippen LogP contribution in [-0.4, -0.2) is 23.2 Å². The molecule has 0 radical (unpaired) electrons. The maximum Gasteiger partial charge on any atom is 0.320 e. The minimum Gasteiger partial charge on any atom is -0.460 e. The Bertz CT molecular complexity index is 428. The van der Waals surface area contributed by atoms with Gasteiger partial charge in [0.25, 0.3) is 0 Å². The zero-order valence-electron chi connectivity index (χ0n) is 10.5. The average Bonchev–Trinajstić information content (AvgIpc) is 2.55. The van der Waals surface area contributed by atoms with Crippen molar-refractivity contribution in [3.8, 4) is 0 Å². The number of ketones is 1. The molecule has 1 aliphatic heterocycles. The molecule has 4 heteroatoms. The molecule has 2 rings (SSSR count). The van der Waals surface area contributed by atoms with Crippen molar-refractivity contribution < 1.29 is 14.3 Å². The van der Waals surface area contributed by atoms with Crippen molar-refractivity contribution in [1.82, 2.24) is 0 Å². The molecule has 2 fully saturated rings. The first-order chi connectivity index (χ1) is 7.79. The fraction of sp³-hybridized carbons (Fsp3) is 0.692. The highest BCUT2D eigenvalue weighted by atomic mass is 79.9. The molecule has 1 saturated carbocycles. The van der Waals surface area contributed by atoms with Crippen LogP contribution >= 0.6 is 15.9 Å². The lowest BCUT2D eigenvalue weighted by Crippen LogP contribution is -2.41. The number of allylic oxidation sites excluding steroid dienone is 1. The third-order valence-corrected chi connectivity index (χ3v) is 5.31. The summed E-state index contributed by atoms with van der Waals surface area (Å²) in [6, 6.07) is 0. The minimum absolute atomic E-state index is 0.0138. The highest BCUT2D eigenvalue weighted by Crippen LogP contribution is 2.60. The standard InChI is InChI=1S/C13H17BrO3/c1-7(6-14)5-12(3)10-8(2)9(15)13(12,4)11(16)17-10/h5,8,10H,6H2,1-4H3/b7-5+/t8?,10?,12?,13-/m1/s1. The van der Waals surface area contributed by atoms with Gasteiger partial charge >= 0.3 is 5.97 Å². The quantitative estimate of drug-likeness (QED) is 0.341. The molecular formula is C13H17BrO3. The van der Waals surface area contributed by atoms with E-state index >= 15 is 0 Å². The van der Waals surface area contributed by atoms with Crippen LogP contribution in [0.3, 0.4) is 0 Å². The highest BCUT2D eigenvalue weighted by molar-refractivity contribution is 9.09. The predicted octanol–water partition coefficient (Wildman–Crippen LogP) is 2.48. The lowest BCUT2D eigenvalue weighted by molar-refractivity contribution is -0.161. The van der Waals surface area contributed by atoms with Gasteiger partial charge in [0.2, 0.25) is 0 Å². The number of hydrogen-bond acceptors (Lipinski definition) is 3. The van der Waals surface area contributed by atoms with Crippen molar-refractivity contribution in [2.75, 3.05) is 5.33 Å². The van der Waals surface area contributed by atoms with E-state index in [1.165, 1.54) is 0 Å². The number of hydrogen-bond donors (Lipinski definition) is 0. The topological polar surface area (TPSA) is 43.4 Å². The Morgan fingerprint density at radius 3 is 2.53 bits per heavy atom. The Labute approximate surface area is 110 Å². The van der Waals surface area contributed by atoms with Crippen LogP contribution in [0.25, 0.3) is 0 Å². The van der Waals surface area contributed by atoms with Gasteiger partial charge < -0.3 is 4.74 Å². The molecular weight excluding hydrogens is 284 g/mol. The molecule has 1 aliphatic carbocycles. The summed E-state index contributed by atoms with van der Waals surface area (Å²) in [5.41, 5.74) is -0.414. The summed E-state index contributed by atoms with van der Waals surface area (Å²) in [7, 11) is 0. The minimum atomic E-state index is -1.01. The Kier molecular flexibility index (Phi) is 2.77.